The van der Waals surface area contributed by atoms with Crippen LogP contribution in [0.4, 0.5) is 0 Å². The van der Waals surface area contributed by atoms with Crippen LogP contribution in [-0.2, 0) is 16.1 Å². The molecule has 3 rings (SSSR count). The summed E-state index contributed by atoms with van der Waals surface area (Å²) in [6.07, 6.45) is 7.51. The van der Waals surface area contributed by atoms with Crippen LogP contribution in [0.1, 0.15) is 5.56 Å². The highest BCUT2D eigenvalue weighted by atomic mass is 16.5. The zero-order chi connectivity index (χ0) is 12.4. The van der Waals surface area contributed by atoms with Gasteiger partial charge in [0.2, 0.25) is 5.91 Å². The minimum absolute atomic E-state index is 0.0401. The molecule has 0 fully saturated rings. The van der Waals surface area contributed by atoms with Gasteiger partial charge in [-0.2, -0.15) is 0 Å². The summed E-state index contributed by atoms with van der Waals surface area (Å²) in [5.74, 6) is 0.0737. The number of ether oxygens (including phenoxy) is 1. The number of hydrogen-bond acceptors (Lipinski definition) is 2. The zero-order valence-corrected chi connectivity index (χ0v) is 10.0. The Kier molecular flexibility index (Phi) is 2.99. The van der Waals surface area contributed by atoms with Gasteiger partial charge in [0.1, 0.15) is 6.10 Å². The molecule has 1 amide bonds. The van der Waals surface area contributed by atoms with E-state index < -0.39 is 0 Å². The van der Waals surface area contributed by atoms with Gasteiger partial charge in [-0.1, -0.05) is 42.5 Å². The lowest BCUT2D eigenvalue weighted by molar-refractivity contribution is -0.130. The molecule has 2 atom stereocenters. The van der Waals surface area contributed by atoms with Crippen LogP contribution in [0.2, 0.25) is 0 Å². The summed E-state index contributed by atoms with van der Waals surface area (Å²) in [7, 11) is 0. The van der Waals surface area contributed by atoms with Crippen molar-refractivity contribution in [2.75, 3.05) is 6.54 Å². The Morgan fingerprint density at radius 3 is 2.89 bits per heavy atom. The maximum atomic E-state index is 11.6. The molecule has 0 N–H and O–H groups in total. The average Bonchev–Trinajstić information content (AvgIpc) is 2.90. The van der Waals surface area contributed by atoms with Crippen molar-refractivity contribution < 1.29 is 9.53 Å². The van der Waals surface area contributed by atoms with Gasteiger partial charge < -0.3 is 9.64 Å². The molecule has 0 aromatic heterocycles. The molecule has 3 nitrogen and oxygen atoms in total. The van der Waals surface area contributed by atoms with Crippen LogP contribution in [0.25, 0.3) is 0 Å². The van der Waals surface area contributed by atoms with Gasteiger partial charge in [0, 0.05) is 12.6 Å². The van der Waals surface area contributed by atoms with E-state index >= 15 is 0 Å². The number of benzene rings is 1. The second kappa shape index (κ2) is 4.78. The second-order valence-corrected chi connectivity index (χ2v) is 4.53. The molecule has 2 aliphatic heterocycles. The van der Waals surface area contributed by atoms with Crippen molar-refractivity contribution in [3.05, 3.63) is 60.2 Å². The van der Waals surface area contributed by atoms with Gasteiger partial charge in [0.05, 0.1) is 12.6 Å². The molecule has 0 unspecified atom stereocenters. The maximum absolute atomic E-state index is 11.6. The fourth-order valence-corrected chi connectivity index (χ4v) is 2.37. The van der Waals surface area contributed by atoms with Gasteiger partial charge >= 0.3 is 0 Å². The largest absolute Gasteiger partial charge is 0.367 e. The van der Waals surface area contributed by atoms with Crippen molar-refractivity contribution >= 4 is 5.91 Å². The fraction of sp³-hybridized carbons (Fsp3) is 0.267. The highest BCUT2D eigenvalue weighted by molar-refractivity contribution is 5.89. The number of fused-ring (bicyclic) bond motifs is 1. The minimum atomic E-state index is -0.0401. The third-order valence-electron chi connectivity index (χ3n) is 3.33. The number of amides is 1. The van der Waals surface area contributed by atoms with E-state index in [4.69, 9.17) is 4.74 Å². The summed E-state index contributed by atoms with van der Waals surface area (Å²) in [6.45, 7) is 1.27. The van der Waals surface area contributed by atoms with Crippen LogP contribution < -0.4 is 0 Å². The summed E-state index contributed by atoms with van der Waals surface area (Å²) in [6, 6.07) is 10.1. The summed E-state index contributed by atoms with van der Waals surface area (Å²) in [5, 5.41) is 0. The first-order valence-electron chi connectivity index (χ1n) is 6.15. The predicted molar refractivity (Wildman–Crippen MR) is 68.8 cm³/mol. The molecule has 2 heterocycles. The molecule has 0 radical (unpaired) electrons. The molecule has 1 aromatic carbocycles. The third kappa shape index (κ3) is 2.09. The number of rotatable bonds is 3. The van der Waals surface area contributed by atoms with Crippen LogP contribution in [0.5, 0.6) is 0 Å². The summed E-state index contributed by atoms with van der Waals surface area (Å²) < 4.78 is 5.90. The Bertz CT molecular complexity index is 492. The molecule has 18 heavy (non-hydrogen) atoms. The average molecular weight is 241 g/mol. The van der Waals surface area contributed by atoms with E-state index in [2.05, 4.69) is 6.08 Å². The van der Waals surface area contributed by atoms with Gasteiger partial charge in [-0.05, 0) is 11.6 Å². The molecule has 1 aromatic rings. The van der Waals surface area contributed by atoms with E-state index in [1.54, 1.807) is 6.08 Å². The molecule has 0 spiro atoms. The number of hydrogen-bond donors (Lipinski definition) is 0. The lowest BCUT2D eigenvalue weighted by atomic mass is 10.1. The molecule has 2 aliphatic rings. The molecule has 0 saturated heterocycles. The second-order valence-electron chi connectivity index (χ2n) is 4.53. The molecular formula is C15H15NO2. The standard InChI is InChI=1S/C15H15NO2/c17-15-9-8-14(13-7-4-10-16(13)15)18-11-12-5-2-1-3-6-12/h1-9,13-14H,10-11H2/t13-,14-/m0/s1. The van der Waals surface area contributed by atoms with Crippen molar-refractivity contribution in [2.45, 2.75) is 18.8 Å². The van der Waals surface area contributed by atoms with E-state index in [-0.39, 0.29) is 18.1 Å². The predicted octanol–water partition coefficient (Wildman–Crippen LogP) is 1.91. The van der Waals surface area contributed by atoms with E-state index in [1.807, 2.05) is 47.4 Å². The summed E-state index contributed by atoms with van der Waals surface area (Å²) in [5.41, 5.74) is 1.15. The highest BCUT2D eigenvalue weighted by Crippen LogP contribution is 2.22. The van der Waals surface area contributed by atoms with E-state index in [0.29, 0.717) is 13.2 Å². The van der Waals surface area contributed by atoms with Crippen LogP contribution in [0.15, 0.2) is 54.6 Å². The van der Waals surface area contributed by atoms with E-state index in [0.717, 1.165) is 5.56 Å². The van der Waals surface area contributed by atoms with E-state index in [1.165, 1.54) is 0 Å². The number of nitrogens with zero attached hydrogens (tertiary/aromatic N) is 1. The van der Waals surface area contributed by atoms with Crippen molar-refractivity contribution in [3.63, 3.8) is 0 Å². The molecule has 92 valence electrons. The van der Waals surface area contributed by atoms with Gasteiger partial charge in [-0.3, -0.25) is 4.79 Å². The first kappa shape index (κ1) is 11.2. The lowest BCUT2D eigenvalue weighted by Crippen LogP contribution is -2.45. The Labute approximate surface area is 106 Å². The quantitative estimate of drug-likeness (QED) is 0.756. The van der Waals surface area contributed by atoms with E-state index in [9.17, 15) is 4.79 Å². The first-order valence-corrected chi connectivity index (χ1v) is 6.15. The van der Waals surface area contributed by atoms with Crippen molar-refractivity contribution in [1.82, 2.24) is 4.90 Å². The zero-order valence-electron chi connectivity index (χ0n) is 10.0. The molecule has 0 aliphatic carbocycles. The number of carbonyl (C=O) groups is 1. The lowest BCUT2D eigenvalue weighted by Gasteiger charge is -2.32. The molecule has 0 saturated carbocycles. The normalized spacial score (nSPS) is 25.6. The van der Waals surface area contributed by atoms with Crippen LogP contribution in [0.3, 0.4) is 0 Å². The van der Waals surface area contributed by atoms with Crippen molar-refractivity contribution in [1.29, 1.82) is 0 Å². The van der Waals surface area contributed by atoms with Crippen LogP contribution in [0, 0.1) is 0 Å². The maximum Gasteiger partial charge on any atom is 0.247 e. The Balaban J connectivity index is 1.68. The van der Waals surface area contributed by atoms with Crippen molar-refractivity contribution in [2.24, 2.45) is 0 Å². The summed E-state index contributed by atoms with van der Waals surface area (Å²) >= 11 is 0. The van der Waals surface area contributed by atoms with Gasteiger partial charge in [-0.15, -0.1) is 0 Å². The van der Waals surface area contributed by atoms with Crippen molar-refractivity contribution in [3.8, 4) is 0 Å². The molecule has 3 heteroatoms. The smallest absolute Gasteiger partial charge is 0.247 e. The molecular weight excluding hydrogens is 226 g/mol. The summed E-state index contributed by atoms with van der Waals surface area (Å²) in [4.78, 5) is 13.5. The third-order valence-corrected chi connectivity index (χ3v) is 3.33. The molecule has 0 bridgehead atoms. The van der Waals surface area contributed by atoms with Crippen LogP contribution >= 0.6 is 0 Å². The fourth-order valence-electron chi connectivity index (χ4n) is 2.37. The highest BCUT2D eigenvalue weighted by Gasteiger charge is 2.33. The Hall–Kier alpha value is -1.87. The Morgan fingerprint density at radius 1 is 1.22 bits per heavy atom. The number of carbonyl (C=O) groups excluding carboxylic acids is 1. The van der Waals surface area contributed by atoms with Gasteiger partial charge in [0.15, 0.2) is 0 Å². The Morgan fingerprint density at radius 2 is 2.06 bits per heavy atom. The first-order chi connectivity index (χ1) is 8.84. The SMILES string of the molecule is O=C1C=C[C@H](OCc2ccccc2)[C@@H]2C=CCN12. The van der Waals surface area contributed by atoms with Gasteiger partial charge in [-0.25, -0.2) is 0 Å². The monoisotopic (exact) mass is 241 g/mol. The van der Waals surface area contributed by atoms with Gasteiger partial charge in [0.25, 0.3) is 0 Å². The van der Waals surface area contributed by atoms with Crippen LogP contribution in [-0.4, -0.2) is 29.5 Å². The topological polar surface area (TPSA) is 29.5 Å². The minimum Gasteiger partial charge on any atom is -0.367 e.